The van der Waals surface area contributed by atoms with Gasteiger partial charge in [-0.15, -0.1) is 0 Å². The van der Waals surface area contributed by atoms with E-state index in [-0.39, 0.29) is 24.4 Å². The third-order valence-corrected chi connectivity index (χ3v) is 2.71. The van der Waals surface area contributed by atoms with E-state index in [1.54, 1.807) is 13.0 Å². The number of aliphatic hydroxyl groups excluding tert-OH is 1. The first-order chi connectivity index (χ1) is 7.99. The van der Waals surface area contributed by atoms with Gasteiger partial charge in [-0.2, -0.15) is 0 Å². The summed E-state index contributed by atoms with van der Waals surface area (Å²) in [7, 11) is 0. The number of hydrogen-bond acceptors (Lipinski definition) is 3. The number of β-amino-alcohol motifs (C(OH)–C–C–N with tert-alkyl or cyclic N) is 1. The quantitative estimate of drug-likeness (QED) is 0.806. The number of rotatable bonds is 3. The van der Waals surface area contributed by atoms with Crippen molar-refractivity contribution in [3.63, 3.8) is 0 Å². The molecule has 17 heavy (non-hydrogen) atoms. The molecule has 90 valence electrons. The fourth-order valence-electron chi connectivity index (χ4n) is 1.95. The summed E-state index contributed by atoms with van der Waals surface area (Å²) in [6.07, 6.45) is -0.375. The topological polar surface area (TPSA) is 77.8 Å². The van der Waals surface area contributed by atoms with Crippen molar-refractivity contribution in [2.75, 3.05) is 11.4 Å². The fourth-order valence-corrected chi connectivity index (χ4v) is 1.95. The molecule has 0 spiro atoms. The molecule has 0 aliphatic carbocycles. The van der Waals surface area contributed by atoms with Crippen molar-refractivity contribution in [2.45, 2.75) is 19.4 Å². The number of carboxylic acids is 1. The summed E-state index contributed by atoms with van der Waals surface area (Å²) in [6.45, 7) is 1.78. The maximum absolute atomic E-state index is 11.7. The lowest BCUT2D eigenvalue weighted by Gasteiger charge is -2.19. The van der Waals surface area contributed by atoms with Gasteiger partial charge in [0, 0.05) is 5.69 Å². The molecule has 0 bridgehead atoms. The van der Waals surface area contributed by atoms with Gasteiger partial charge in [-0.1, -0.05) is 6.07 Å². The second kappa shape index (κ2) is 4.18. The number of hydrogen-bond donors (Lipinski definition) is 2. The Morgan fingerprint density at radius 2 is 2.24 bits per heavy atom. The summed E-state index contributed by atoms with van der Waals surface area (Å²) in [6, 6.07) is 4.62. The molecule has 1 heterocycles. The van der Waals surface area contributed by atoms with Gasteiger partial charge in [0.2, 0.25) is 5.91 Å². The standard InChI is InChI=1S/C12H13NO4/c1-7(14)6-13-10-4-9(12(16)17)3-2-8(10)5-11(13)15/h2-4,7,14H,5-6H2,1H3,(H,16,17). The second-order valence-corrected chi connectivity index (χ2v) is 4.18. The third-order valence-electron chi connectivity index (χ3n) is 2.71. The molecule has 0 fully saturated rings. The lowest BCUT2D eigenvalue weighted by molar-refractivity contribution is -0.117. The Hall–Kier alpha value is -1.88. The van der Waals surface area contributed by atoms with Crippen LogP contribution in [0.15, 0.2) is 18.2 Å². The van der Waals surface area contributed by atoms with E-state index in [9.17, 15) is 14.7 Å². The number of amides is 1. The molecule has 5 heteroatoms. The lowest BCUT2D eigenvalue weighted by Crippen LogP contribution is -2.33. The first kappa shape index (κ1) is 11.6. The van der Waals surface area contributed by atoms with Gasteiger partial charge in [-0.3, -0.25) is 4.79 Å². The van der Waals surface area contributed by atoms with Crippen molar-refractivity contribution in [2.24, 2.45) is 0 Å². The number of carbonyl (C=O) groups is 2. The number of anilines is 1. The van der Waals surface area contributed by atoms with Gasteiger partial charge in [0.15, 0.2) is 0 Å². The number of aliphatic hydroxyl groups is 1. The highest BCUT2D eigenvalue weighted by Gasteiger charge is 2.28. The van der Waals surface area contributed by atoms with Crippen LogP contribution >= 0.6 is 0 Å². The highest BCUT2D eigenvalue weighted by atomic mass is 16.4. The van der Waals surface area contributed by atoms with Gasteiger partial charge < -0.3 is 15.1 Å². The highest BCUT2D eigenvalue weighted by Crippen LogP contribution is 2.30. The normalized spacial score (nSPS) is 15.9. The van der Waals surface area contributed by atoms with Crippen LogP contribution in [0.4, 0.5) is 5.69 Å². The van der Waals surface area contributed by atoms with E-state index in [4.69, 9.17) is 5.11 Å². The van der Waals surface area contributed by atoms with Gasteiger partial charge >= 0.3 is 5.97 Å². The van der Waals surface area contributed by atoms with E-state index < -0.39 is 12.1 Å². The van der Waals surface area contributed by atoms with E-state index >= 15 is 0 Å². The van der Waals surface area contributed by atoms with E-state index in [1.807, 2.05) is 0 Å². The number of benzene rings is 1. The molecule has 1 aliphatic rings. The third kappa shape index (κ3) is 2.14. The van der Waals surface area contributed by atoms with Crippen molar-refractivity contribution in [3.05, 3.63) is 29.3 Å². The van der Waals surface area contributed by atoms with Gasteiger partial charge in [-0.05, 0) is 24.6 Å². The number of carbonyl (C=O) groups excluding carboxylic acids is 1. The van der Waals surface area contributed by atoms with Crippen LogP contribution in [0.25, 0.3) is 0 Å². The van der Waals surface area contributed by atoms with Crippen LogP contribution < -0.4 is 4.90 Å². The van der Waals surface area contributed by atoms with Gasteiger partial charge in [0.1, 0.15) is 0 Å². The zero-order valence-corrected chi connectivity index (χ0v) is 9.38. The smallest absolute Gasteiger partial charge is 0.335 e. The Balaban J connectivity index is 2.39. The Morgan fingerprint density at radius 1 is 1.53 bits per heavy atom. The molecule has 1 aromatic carbocycles. The maximum Gasteiger partial charge on any atom is 0.335 e. The van der Waals surface area contributed by atoms with Crippen molar-refractivity contribution in [3.8, 4) is 0 Å². The lowest BCUT2D eigenvalue weighted by atomic mass is 10.1. The maximum atomic E-state index is 11.7. The van der Waals surface area contributed by atoms with Crippen molar-refractivity contribution in [1.82, 2.24) is 0 Å². The van der Waals surface area contributed by atoms with Crippen LogP contribution in [-0.4, -0.2) is 34.7 Å². The number of nitrogens with zero attached hydrogens (tertiary/aromatic N) is 1. The minimum absolute atomic E-state index is 0.108. The van der Waals surface area contributed by atoms with Crippen molar-refractivity contribution < 1.29 is 19.8 Å². The number of fused-ring (bicyclic) bond motifs is 1. The van der Waals surface area contributed by atoms with E-state index in [2.05, 4.69) is 0 Å². The molecule has 0 saturated carbocycles. The molecule has 0 saturated heterocycles. The van der Waals surface area contributed by atoms with Crippen LogP contribution in [0.5, 0.6) is 0 Å². The predicted molar refractivity (Wildman–Crippen MR) is 61.1 cm³/mol. The highest BCUT2D eigenvalue weighted by molar-refractivity contribution is 6.03. The van der Waals surface area contributed by atoms with E-state index in [0.717, 1.165) is 5.56 Å². The fraction of sp³-hybridized carbons (Fsp3) is 0.333. The SMILES string of the molecule is CC(O)CN1C(=O)Cc2ccc(C(=O)O)cc21. The minimum Gasteiger partial charge on any atom is -0.478 e. The van der Waals surface area contributed by atoms with Crippen LogP contribution in [0.3, 0.4) is 0 Å². The molecule has 1 amide bonds. The summed E-state index contributed by atoms with van der Waals surface area (Å²) >= 11 is 0. The summed E-state index contributed by atoms with van der Waals surface area (Å²) in [5.41, 5.74) is 1.55. The summed E-state index contributed by atoms with van der Waals surface area (Å²) < 4.78 is 0. The van der Waals surface area contributed by atoms with Crippen molar-refractivity contribution >= 4 is 17.6 Å². The number of carboxylic acid groups (broad SMARTS) is 1. The molecule has 5 nitrogen and oxygen atoms in total. The zero-order chi connectivity index (χ0) is 12.6. The molecular formula is C12H13NO4. The largest absolute Gasteiger partial charge is 0.478 e. The van der Waals surface area contributed by atoms with Gasteiger partial charge in [0.25, 0.3) is 0 Å². The second-order valence-electron chi connectivity index (χ2n) is 4.18. The number of aromatic carboxylic acids is 1. The predicted octanol–water partition coefficient (Wildman–Crippen LogP) is 0.655. The van der Waals surface area contributed by atoms with Crippen molar-refractivity contribution in [1.29, 1.82) is 0 Å². The molecule has 0 radical (unpaired) electrons. The first-order valence-corrected chi connectivity index (χ1v) is 5.33. The van der Waals surface area contributed by atoms with E-state index in [0.29, 0.717) is 5.69 Å². The zero-order valence-electron chi connectivity index (χ0n) is 9.38. The molecule has 1 atom stereocenters. The molecule has 1 aromatic rings. The molecule has 0 aromatic heterocycles. The molecular weight excluding hydrogens is 222 g/mol. The summed E-state index contributed by atoms with van der Waals surface area (Å²) in [5.74, 6) is -1.13. The van der Waals surface area contributed by atoms with Crippen LogP contribution in [-0.2, 0) is 11.2 Å². The summed E-state index contributed by atoms with van der Waals surface area (Å²) in [5, 5.41) is 18.2. The average Bonchev–Trinajstić information content (AvgIpc) is 2.54. The Morgan fingerprint density at radius 3 is 2.82 bits per heavy atom. The Bertz CT molecular complexity index is 481. The monoisotopic (exact) mass is 235 g/mol. The average molecular weight is 235 g/mol. The molecule has 2 rings (SSSR count). The van der Waals surface area contributed by atoms with Gasteiger partial charge in [0.05, 0.1) is 24.6 Å². The van der Waals surface area contributed by atoms with Crippen LogP contribution in [0.2, 0.25) is 0 Å². The van der Waals surface area contributed by atoms with E-state index in [1.165, 1.54) is 17.0 Å². The Kier molecular flexibility index (Phi) is 2.85. The van der Waals surface area contributed by atoms with Gasteiger partial charge in [-0.25, -0.2) is 4.79 Å². The molecule has 2 N–H and O–H groups in total. The molecule has 1 unspecified atom stereocenters. The Labute approximate surface area is 98.3 Å². The van der Waals surface area contributed by atoms with Crippen LogP contribution in [0.1, 0.15) is 22.8 Å². The molecule has 1 aliphatic heterocycles. The van der Waals surface area contributed by atoms with Crippen LogP contribution in [0, 0.1) is 0 Å². The first-order valence-electron chi connectivity index (χ1n) is 5.33. The summed E-state index contributed by atoms with van der Waals surface area (Å²) in [4.78, 5) is 24.0. The minimum atomic E-state index is -1.02.